The highest BCUT2D eigenvalue weighted by atomic mass is 16.5. The molecule has 8 nitrogen and oxygen atoms in total. The molecule has 0 aliphatic carbocycles. The third-order valence-electron chi connectivity index (χ3n) is 5.74. The van der Waals surface area contributed by atoms with Gasteiger partial charge in [0.2, 0.25) is 5.88 Å². The van der Waals surface area contributed by atoms with E-state index in [4.69, 9.17) is 19.2 Å². The van der Waals surface area contributed by atoms with Crippen LogP contribution < -0.4 is 15.1 Å². The van der Waals surface area contributed by atoms with Crippen LogP contribution >= 0.6 is 0 Å². The van der Waals surface area contributed by atoms with Gasteiger partial charge in [-0.05, 0) is 19.4 Å². The highest BCUT2D eigenvalue weighted by Crippen LogP contribution is 2.31. The number of hydrogen-bond acceptors (Lipinski definition) is 8. The van der Waals surface area contributed by atoms with Crippen LogP contribution in [0, 0.1) is 13.8 Å². The van der Waals surface area contributed by atoms with E-state index in [0.717, 1.165) is 76.0 Å². The van der Waals surface area contributed by atoms with E-state index in [1.54, 1.807) is 0 Å². The molecule has 1 N–H and O–H groups in total. The first-order valence-electron chi connectivity index (χ1n) is 11.3. The van der Waals surface area contributed by atoms with Crippen LogP contribution in [0.15, 0.2) is 35.4 Å². The van der Waals surface area contributed by atoms with Gasteiger partial charge in [0.05, 0.1) is 32.6 Å². The SMILES string of the molecule is Cc1cccc(/C=N/Nc2cc(N3CCOCC3)c(C)c(OCCN3CCOCC3)n2)c1. The molecule has 2 saturated heterocycles. The minimum atomic E-state index is 0.590. The van der Waals surface area contributed by atoms with Crippen LogP contribution in [0.4, 0.5) is 11.5 Å². The Balaban J connectivity index is 1.48. The zero-order chi connectivity index (χ0) is 22.2. The molecule has 32 heavy (non-hydrogen) atoms. The molecular formula is C24H33N5O3. The van der Waals surface area contributed by atoms with Gasteiger partial charge in [-0.15, -0.1) is 0 Å². The van der Waals surface area contributed by atoms with Crippen molar-refractivity contribution in [2.75, 3.05) is 76.1 Å². The lowest BCUT2D eigenvalue weighted by Gasteiger charge is -2.31. The van der Waals surface area contributed by atoms with Gasteiger partial charge in [0.25, 0.3) is 0 Å². The van der Waals surface area contributed by atoms with Crippen molar-refractivity contribution >= 4 is 17.7 Å². The number of hydrogen-bond donors (Lipinski definition) is 1. The van der Waals surface area contributed by atoms with Crippen LogP contribution in [0.1, 0.15) is 16.7 Å². The van der Waals surface area contributed by atoms with Gasteiger partial charge < -0.3 is 19.1 Å². The summed E-state index contributed by atoms with van der Waals surface area (Å²) in [5, 5.41) is 4.41. The lowest BCUT2D eigenvalue weighted by molar-refractivity contribution is 0.0319. The highest BCUT2D eigenvalue weighted by molar-refractivity contribution is 5.80. The second kappa shape index (κ2) is 11.3. The van der Waals surface area contributed by atoms with E-state index in [2.05, 4.69) is 46.3 Å². The average molecular weight is 440 g/mol. The Kier molecular flexibility index (Phi) is 7.92. The van der Waals surface area contributed by atoms with Crippen LogP contribution in [0.2, 0.25) is 0 Å². The lowest BCUT2D eigenvalue weighted by atomic mass is 10.2. The molecule has 8 heteroatoms. The molecule has 2 aromatic rings. The first-order chi connectivity index (χ1) is 15.7. The van der Waals surface area contributed by atoms with Crippen LogP contribution in [0.5, 0.6) is 5.88 Å². The molecule has 0 saturated carbocycles. The van der Waals surface area contributed by atoms with Crippen molar-refractivity contribution in [3.63, 3.8) is 0 Å². The molecule has 2 fully saturated rings. The Hall–Kier alpha value is -2.68. The fraction of sp³-hybridized carbons (Fsp3) is 0.500. The van der Waals surface area contributed by atoms with Crippen molar-refractivity contribution < 1.29 is 14.2 Å². The van der Waals surface area contributed by atoms with E-state index in [-0.39, 0.29) is 0 Å². The molecule has 1 aromatic heterocycles. The van der Waals surface area contributed by atoms with Gasteiger partial charge in [0.1, 0.15) is 6.61 Å². The van der Waals surface area contributed by atoms with Gasteiger partial charge in [-0.1, -0.05) is 29.8 Å². The molecule has 0 bridgehead atoms. The number of nitrogens with zero attached hydrogens (tertiary/aromatic N) is 4. The van der Waals surface area contributed by atoms with E-state index in [9.17, 15) is 0 Å². The maximum absolute atomic E-state index is 6.15. The van der Waals surface area contributed by atoms with Crippen molar-refractivity contribution in [1.29, 1.82) is 0 Å². The predicted octanol–water partition coefficient (Wildman–Crippen LogP) is 2.69. The fourth-order valence-corrected chi connectivity index (χ4v) is 3.92. The molecule has 0 atom stereocenters. The average Bonchev–Trinajstić information content (AvgIpc) is 2.82. The number of benzene rings is 1. The molecule has 0 spiro atoms. The largest absolute Gasteiger partial charge is 0.476 e. The Morgan fingerprint density at radius 1 is 1.06 bits per heavy atom. The van der Waals surface area contributed by atoms with Crippen LogP contribution in [0.3, 0.4) is 0 Å². The number of anilines is 2. The van der Waals surface area contributed by atoms with Gasteiger partial charge in [-0.25, -0.2) is 0 Å². The van der Waals surface area contributed by atoms with Crippen molar-refractivity contribution in [3.05, 3.63) is 47.0 Å². The smallest absolute Gasteiger partial charge is 0.220 e. The topological polar surface area (TPSA) is 71.5 Å². The first-order valence-corrected chi connectivity index (χ1v) is 11.3. The fourth-order valence-electron chi connectivity index (χ4n) is 3.92. The number of nitrogens with one attached hydrogen (secondary N) is 1. The van der Waals surface area contributed by atoms with Crippen molar-refractivity contribution in [2.24, 2.45) is 5.10 Å². The molecule has 4 rings (SSSR count). The molecule has 2 aliphatic rings. The minimum absolute atomic E-state index is 0.590. The second-order valence-corrected chi connectivity index (χ2v) is 8.14. The number of hydrazone groups is 1. The van der Waals surface area contributed by atoms with Crippen LogP contribution in [-0.4, -0.2) is 81.9 Å². The van der Waals surface area contributed by atoms with E-state index in [1.807, 2.05) is 24.4 Å². The molecule has 3 heterocycles. The highest BCUT2D eigenvalue weighted by Gasteiger charge is 2.19. The molecule has 0 radical (unpaired) electrons. The Morgan fingerprint density at radius 2 is 1.81 bits per heavy atom. The quantitative estimate of drug-likeness (QED) is 0.501. The van der Waals surface area contributed by atoms with Crippen molar-refractivity contribution in [2.45, 2.75) is 13.8 Å². The molecule has 2 aliphatic heterocycles. The number of pyridine rings is 1. The summed E-state index contributed by atoms with van der Waals surface area (Å²) in [6, 6.07) is 10.3. The van der Waals surface area contributed by atoms with Gasteiger partial charge in [-0.3, -0.25) is 10.3 Å². The standard InChI is InChI=1S/C24H33N5O3/c1-19-4-3-5-21(16-19)18-25-27-23-17-22(29-9-13-31-14-10-29)20(2)24(26-23)32-15-8-28-6-11-30-12-7-28/h3-5,16-18H,6-15H2,1-2H3,(H,26,27)/b25-18+. The summed E-state index contributed by atoms with van der Waals surface area (Å²) in [4.78, 5) is 9.39. The number of ether oxygens (including phenoxy) is 3. The molecule has 0 amide bonds. The monoisotopic (exact) mass is 439 g/mol. The summed E-state index contributed by atoms with van der Waals surface area (Å²) in [6.07, 6.45) is 1.81. The Labute approximate surface area is 190 Å². The predicted molar refractivity (Wildman–Crippen MR) is 127 cm³/mol. The summed E-state index contributed by atoms with van der Waals surface area (Å²) in [7, 11) is 0. The normalized spacial score (nSPS) is 17.6. The zero-order valence-corrected chi connectivity index (χ0v) is 19.0. The van der Waals surface area contributed by atoms with Crippen molar-refractivity contribution in [3.8, 4) is 5.88 Å². The second-order valence-electron chi connectivity index (χ2n) is 8.14. The first kappa shape index (κ1) is 22.5. The summed E-state index contributed by atoms with van der Waals surface area (Å²) in [5.41, 5.74) is 7.49. The number of aromatic nitrogens is 1. The third kappa shape index (κ3) is 6.18. The van der Waals surface area contributed by atoms with E-state index in [1.165, 1.54) is 5.56 Å². The summed E-state index contributed by atoms with van der Waals surface area (Å²) >= 11 is 0. The maximum Gasteiger partial charge on any atom is 0.220 e. The summed E-state index contributed by atoms with van der Waals surface area (Å²) in [6.45, 7) is 12.2. The van der Waals surface area contributed by atoms with Gasteiger partial charge in [0, 0.05) is 50.0 Å². The number of aryl methyl sites for hydroxylation is 1. The maximum atomic E-state index is 6.15. The van der Waals surface area contributed by atoms with Gasteiger partial charge >= 0.3 is 0 Å². The summed E-state index contributed by atoms with van der Waals surface area (Å²) in [5.74, 6) is 1.32. The van der Waals surface area contributed by atoms with E-state index in [0.29, 0.717) is 18.3 Å². The third-order valence-corrected chi connectivity index (χ3v) is 5.74. The zero-order valence-electron chi connectivity index (χ0n) is 19.0. The number of morpholine rings is 2. The van der Waals surface area contributed by atoms with E-state index < -0.39 is 0 Å². The van der Waals surface area contributed by atoms with Crippen LogP contribution in [-0.2, 0) is 9.47 Å². The lowest BCUT2D eigenvalue weighted by Crippen LogP contribution is -2.38. The van der Waals surface area contributed by atoms with Gasteiger partial charge in [0.15, 0.2) is 5.82 Å². The molecule has 0 unspecified atom stereocenters. The molecular weight excluding hydrogens is 406 g/mol. The Morgan fingerprint density at radius 3 is 2.56 bits per heavy atom. The summed E-state index contributed by atoms with van der Waals surface area (Å²) < 4.78 is 17.1. The number of rotatable bonds is 8. The Bertz CT molecular complexity index is 909. The van der Waals surface area contributed by atoms with E-state index >= 15 is 0 Å². The molecule has 1 aromatic carbocycles. The van der Waals surface area contributed by atoms with Gasteiger partial charge in [-0.2, -0.15) is 10.1 Å². The van der Waals surface area contributed by atoms with Crippen molar-refractivity contribution in [1.82, 2.24) is 9.88 Å². The minimum Gasteiger partial charge on any atom is -0.476 e. The molecule has 172 valence electrons. The van der Waals surface area contributed by atoms with Crippen LogP contribution in [0.25, 0.3) is 0 Å².